The summed E-state index contributed by atoms with van der Waals surface area (Å²) in [4.78, 5) is 40.3. The Morgan fingerprint density at radius 1 is 1.27 bits per heavy atom. The number of benzene rings is 1. The van der Waals surface area contributed by atoms with Gasteiger partial charge in [0.2, 0.25) is 17.7 Å². The Kier molecular flexibility index (Phi) is 4.06. The van der Waals surface area contributed by atoms with Gasteiger partial charge in [0.1, 0.15) is 5.54 Å². The van der Waals surface area contributed by atoms with Gasteiger partial charge in [-0.05, 0) is 19.4 Å². The van der Waals surface area contributed by atoms with Crippen molar-refractivity contribution < 1.29 is 19.1 Å². The summed E-state index contributed by atoms with van der Waals surface area (Å²) in [5, 5.41) is 6.46. The Balaban J connectivity index is 1.77. The summed E-state index contributed by atoms with van der Waals surface area (Å²) in [6.45, 7) is 2.60. The molecule has 0 bridgehead atoms. The summed E-state index contributed by atoms with van der Waals surface area (Å²) in [7, 11) is 1.58. The lowest BCUT2D eigenvalue weighted by atomic mass is 9.76. The first-order chi connectivity index (χ1) is 12.4. The van der Waals surface area contributed by atoms with Gasteiger partial charge in [-0.15, -0.1) is 0 Å². The third-order valence-electron chi connectivity index (χ3n) is 5.67. The zero-order valence-electron chi connectivity index (χ0n) is 14.5. The largest absolute Gasteiger partial charge is 0.385 e. The van der Waals surface area contributed by atoms with E-state index in [1.54, 1.807) is 25.3 Å². The molecule has 3 aliphatic heterocycles. The number of nitrogens with zero attached hydrogens (tertiary/aromatic N) is 1. The summed E-state index contributed by atoms with van der Waals surface area (Å²) in [6, 6.07) is 4.92. The number of ether oxygens (including phenoxy) is 1. The highest BCUT2D eigenvalue weighted by Crippen LogP contribution is 2.53. The second-order valence-electron chi connectivity index (χ2n) is 7.04. The van der Waals surface area contributed by atoms with Crippen LogP contribution in [-0.4, -0.2) is 48.9 Å². The Morgan fingerprint density at radius 2 is 2.04 bits per heavy atom. The lowest BCUT2D eigenvalue weighted by molar-refractivity contribution is -0.143. The van der Waals surface area contributed by atoms with Gasteiger partial charge in [-0.3, -0.25) is 24.6 Å². The molecule has 3 amide bonds. The van der Waals surface area contributed by atoms with Crippen molar-refractivity contribution >= 4 is 35.0 Å². The SMILES string of the molecule is COCCCN1C(=O)[C@H]2[C@@H](C1=O)[C@]1(N[C@@H]2C)C(=O)Nc2c(Cl)cccc21. The van der Waals surface area contributed by atoms with Crippen LogP contribution in [0.2, 0.25) is 5.02 Å². The monoisotopic (exact) mass is 377 g/mol. The lowest BCUT2D eigenvalue weighted by Crippen LogP contribution is -2.53. The summed E-state index contributed by atoms with van der Waals surface area (Å²) in [5.41, 5.74) is -0.112. The number of fused-ring (bicyclic) bond motifs is 4. The van der Waals surface area contributed by atoms with Crippen LogP contribution in [0.15, 0.2) is 18.2 Å². The van der Waals surface area contributed by atoms with Crippen LogP contribution in [0.25, 0.3) is 0 Å². The van der Waals surface area contributed by atoms with Crippen molar-refractivity contribution in [3.63, 3.8) is 0 Å². The van der Waals surface area contributed by atoms with Crippen molar-refractivity contribution in [2.24, 2.45) is 11.8 Å². The molecule has 1 aromatic rings. The minimum Gasteiger partial charge on any atom is -0.385 e. The van der Waals surface area contributed by atoms with Gasteiger partial charge in [0.15, 0.2) is 0 Å². The maximum atomic E-state index is 13.1. The Bertz CT molecular complexity index is 814. The number of para-hydroxylation sites is 1. The zero-order chi connectivity index (χ0) is 18.6. The Hall–Kier alpha value is -1.96. The molecule has 4 atom stereocenters. The predicted octanol–water partition coefficient (Wildman–Crippen LogP) is 1.12. The second-order valence-corrected chi connectivity index (χ2v) is 7.44. The normalized spacial score (nSPS) is 32.3. The molecule has 2 saturated heterocycles. The van der Waals surface area contributed by atoms with E-state index in [1.807, 2.05) is 6.92 Å². The van der Waals surface area contributed by atoms with Crippen LogP contribution >= 0.6 is 11.6 Å². The molecule has 8 heteroatoms. The van der Waals surface area contributed by atoms with Crippen LogP contribution < -0.4 is 10.6 Å². The number of likely N-dealkylation sites (tertiary alicyclic amines) is 1. The van der Waals surface area contributed by atoms with Crippen molar-refractivity contribution in [1.82, 2.24) is 10.2 Å². The minimum absolute atomic E-state index is 0.226. The number of nitrogens with one attached hydrogen (secondary N) is 2. The van der Waals surface area contributed by atoms with Gasteiger partial charge in [0.25, 0.3) is 0 Å². The maximum Gasteiger partial charge on any atom is 0.250 e. The Morgan fingerprint density at radius 3 is 2.77 bits per heavy atom. The van der Waals surface area contributed by atoms with Crippen LogP contribution in [-0.2, 0) is 24.7 Å². The molecule has 0 unspecified atom stereocenters. The highest BCUT2D eigenvalue weighted by molar-refractivity contribution is 6.35. The van der Waals surface area contributed by atoms with E-state index in [0.29, 0.717) is 35.8 Å². The number of carbonyl (C=O) groups excluding carboxylic acids is 3. The van der Waals surface area contributed by atoms with Crippen molar-refractivity contribution in [3.8, 4) is 0 Å². The number of methoxy groups -OCH3 is 1. The van der Waals surface area contributed by atoms with Crippen molar-refractivity contribution in [2.45, 2.75) is 24.9 Å². The van der Waals surface area contributed by atoms with Crippen molar-refractivity contribution in [1.29, 1.82) is 0 Å². The smallest absolute Gasteiger partial charge is 0.250 e. The zero-order valence-corrected chi connectivity index (χ0v) is 15.3. The minimum atomic E-state index is -1.26. The molecule has 26 heavy (non-hydrogen) atoms. The van der Waals surface area contributed by atoms with Gasteiger partial charge < -0.3 is 10.1 Å². The summed E-state index contributed by atoms with van der Waals surface area (Å²) in [5.74, 6) is -2.21. The number of hydrogen-bond donors (Lipinski definition) is 2. The molecule has 0 radical (unpaired) electrons. The third-order valence-corrected chi connectivity index (χ3v) is 5.98. The fraction of sp³-hybridized carbons (Fsp3) is 0.500. The molecule has 2 N–H and O–H groups in total. The molecule has 1 spiro atoms. The molecular formula is C18H20ClN3O4. The van der Waals surface area contributed by atoms with Crippen molar-refractivity contribution in [2.75, 3.05) is 25.6 Å². The summed E-state index contributed by atoms with van der Waals surface area (Å²) >= 11 is 6.24. The first-order valence-electron chi connectivity index (χ1n) is 8.65. The standard InChI is InChI=1S/C18H20ClN3O4/c1-9-12-13(16(24)22(15(12)23)7-4-8-26-2)18(21-9)10-5-3-6-11(19)14(10)20-17(18)25/h3,5-6,9,12-13,21H,4,7-8H2,1-2H3,(H,20,25)/t9-,12-,13+,18+/m1/s1. The average Bonchev–Trinajstić information content (AvgIpc) is 3.16. The van der Waals surface area contributed by atoms with Gasteiger partial charge in [0.05, 0.1) is 22.5 Å². The summed E-state index contributed by atoms with van der Waals surface area (Å²) < 4.78 is 5.02. The molecule has 1 aromatic carbocycles. The van der Waals surface area contributed by atoms with E-state index in [1.165, 1.54) is 4.90 Å². The predicted molar refractivity (Wildman–Crippen MR) is 94.6 cm³/mol. The van der Waals surface area contributed by atoms with Gasteiger partial charge in [0, 0.05) is 31.9 Å². The van der Waals surface area contributed by atoms with Gasteiger partial charge in [-0.25, -0.2) is 0 Å². The number of carbonyl (C=O) groups is 3. The van der Waals surface area contributed by atoms with E-state index in [4.69, 9.17) is 16.3 Å². The third kappa shape index (κ3) is 2.11. The van der Waals surface area contributed by atoms with Crippen LogP contribution in [0, 0.1) is 11.8 Å². The number of halogens is 1. The van der Waals surface area contributed by atoms with Crippen LogP contribution in [0.3, 0.4) is 0 Å². The summed E-state index contributed by atoms with van der Waals surface area (Å²) in [6.07, 6.45) is 0.566. The first kappa shape index (κ1) is 17.5. The van der Waals surface area contributed by atoms with E-state index in [-0.39, 0.29) is 23.8 Å². The molecule has 7 nitrogen and oxygen atoms in total. The topological polar surface area (TPSA) is 87.7 Å². The highest BCUT2D eigenvalue weighted by Gasteiger charge is 2.69. The van der Waals surface area contributed by atoms with Gasteiger partial charge in [-0.1, -0.05) is 23.7 Å². The van der Waals surface area contributed by atoms with Crippen LogP contribution in [0.5, 0.6) is 0 Å². The molecule has 4 rings (SSSR count). The number of anilines is 1. The highest BCUT2D eigenvalue weighted by atomic mass is 35.5. The fourth-order valence-electron chi connectivity index (χ4n) is 4.60. The number of rotatable bonds is 4. The first-order valence-corrected chi connectivity index (χ1v) is 9.03. The van der Waals surface area contributed by atoms with Crippen molar-refractivity contribution in [3.05, 3.63) is 28.8 Å². The maximum absolute atomic E-state index is 13.1. The molecular weight excluding hydrogens is 358 g/mol. The number of imide groups is 1. The molecule has 3 heterocycles. The lowest BCUT2D eigenvalue weighted by Gasteiger charge is -2.29. The van der Waals surface area contributed by atoms with E-state index < -0.39 is 17.4 Å². The van der Waals surface area contributed by atoms with E-state index >= 15 is 0 Å². The molecule has 2 fully saturated rings. The molecule has 0 aromatic heterocycles. The average molecular weight is 378 g/mol. The van der Waals surface area contributed by atoms with Crippen LogP contribution in [0.1, 0.15) is 18.9 Å². The number of hydrogen-bond acceptors (Lipinski definition) is 5. The van der Waals surface area contributed by atoms with E-state index in [9.17, 15) is 14.4 Å². The van der Waals surface area contributed by atoms with E-state index in [0.717, 1.165) is 0 Å². The quantitative estimate of drug-likeness (QED) is 0.606. The van der Waals surface area contributed by atoms with E-state index in [2.05, 4.69) is 10.6 Å². The molecule has 138 valence electrons. The van der Waals surface area contributed by atoms with Gasteiger partial charge >= 0.3 is 0 Å². The molecule has 0 aliphatic carbocycles. The Labute approximate surface area is 156 Å². The fourth-order valence-corrected chi connectivity index (χ4v) is 4.82. The molecule has 0 saturated carbocycles. The number of amides is 3. The van der Waals surface area contributed by atoms with Gasteiger partial charge in [-0.2, -0.15) is 0 Å². The van der Waals surface area contributed by atoms with Crippen LogP contribution in [0.4, 0.5) is 5.69 Å². The second kappa shape index (κ2) is 6.04. The molecule has 3 aliphatic rings.